The first-order chi connectivity index (χ1) is 23.4. The number of hydrogen-bond donors (Lipinski definition) is 9. The average molecular weight is 699 g/mol. The zero-order valence-corrected chi connectivity index (χ0v) is 25.7. The van der Waals surface area contributed by atoms with Crippen molar-refractivity contribution in [1.82, 2.24) is 0 Å². The van der Waals surface area contributed by atoms with Gasteiger partial charge in [-0.2, -0.15) is 0 Å². The van der Waals surface area contributed by atoms with Gasteiger partial charge in [-0.25, -0.2) is 9.59 Å². The van der Waals surface area contributed by atoms with Crippen LogP contribution in [0.4, 0.5) is 0 Å². The molecular weight excluding hydrogens is 660 g/mol. The van der Waals surface area contributed by atoms with Gasteiger partial charge >= 0.3 is 11.9 Å². The van der Waals surface area contributed by atoms with E-state index in [0.717, 1.165) is 12.3 Å². The molecule has 18 heteroatoms. The Balaban J connectivity index is 1.19. The Hall–Kier alpha value is -3.66. The van der Waals surface area contributed by atoms with Crippen LogP contribution in [0.25, 0.3) is 6.08 Å². The third-order valence-corrected chi connectivity index (χ3v) is 8.55. The molecule has 0 radical (unpaired) electrons. The number of hydrogen-bond acceptors (Lipinski definition) is 18. The van der Waals surface area contributed by atoms with E-state index in [1.54, 1.807) is 0 Å². The number of aromatic hydroxyl groups is 1. The number of phenolic OH excluding ortho intramolecular Hbond substituents is 1. The molecular formula is C31H38O18. The molecule has 3 fully saturated rings. The van der Waals surface area contributed by atoms with Crippen molar-refractivity contribution < 1.29 is 88.7 Å². The number of cyclic esters (lactones) is 1. The minimum Gasteiger partial charge on any atom is -0.504 e. The van der Waals surface area contributed by atoms with Crippen LogP contribution >= 0.6 is 0 Å². The quantitative estimate of drug-likeness (QED) is 0.0664. The minimum atomic E-state index is -1.71. The normalized spacial score (nSPS) is 39.3. The number of ether oxygens (including phenoxy) is 7. The summed E-state index contributed by atoms with van der Waals surface area (Å²) in [4.78, 5) is 25.4. The second-order valence-electron chi connectivity index (χ2n) is 11.7. The third-order valence-electron chi connectivity index (χ3n) is 8.55. The predicted octanol–water partition coefficient (Wildman–Crippen LogP) is -3.12. The first kappa shape index (κ1) is 36.6. The van der Waals surface area contributed by atoms with Gasteiger partial charge in [0.25, 0.3) is 0 Å². The van der Waals surface area contributed by atoms with E-state index in [2.05, 4.69) is 6.58 Å². The molecule has 4 aliphatic heterocycles. The van der Waals surface area contributed by atoms with Crippen LogP contribution in [0.15, 0.2) is 48.8 Å². The van der Waals surface area contributed by atoms with Crippen molar-refractivity contribution >= 4 is 18.0 Å². The van der Waals surface area contributed by atoms with Crippen LogP contribution in [0.3, 0.4) is 0 Å². The molecule has 1 aromatic rings. The summed E-state index contributed by atoms with van der Waals surface area (Å²) in [6.07, 6.45) is -13.3. The van der Waals surface area contributed by atoms with Gasteiger partial charge in [-0.15, -0.1) is 6.58 Å². The molecule has 9 N–H and O–H groups in total. The van der Waals surface area contributed by atoms with Gasteiger partial charge in [-0.1, -0.05) is 12.1 Å². The van der Waals surface area contributed by atoms with Gasteiger partial charge in [0.05, 0.1) is 25.0 Å². The van der Waals surface area contributed by atoms with Gasteiger partial charge in [0.2, 0.25) is 18.9 Å². The van der Waals surface area contributed by atoms with Crippen molar-refractivity contribution in [1.29, 1.82) is 0 Å². The van der Waals surface area contributed by atoms with Crippen molar-refractivity contribution in [3.05, 3.63) is 54.3 Å². The van der Waals surface area contributed by atoms with E-state index < -0.39 is 117 Å². The fraction of sp³-hybridized carbons (Fsp3) is 0.548. The maximum absolute atomic E-state index is 12.8. The van der Waals surface area contributed by atoms with Crippen LogP contribution < -0.4 is 4.74 Å². The fourth-order valence-corrected chi connectivity index (χ4v) is 5.79. The summed E-state index contributed by atoms with van der Waals surface area (Å²) >= 11 is 0. The topological polar surface area (TPSA) is 281 Å². The summed E-state index contributed by atoms with van der Waals surface area (Å²) in [5.74, 6) is -3.84. The highest BCUT2D eigenvalue weighted by molar-refractivity contribution is 5.91. The van der Waals surface area contributed by atoms with Gasteiger partial charge in [0.15, 0.2) is 17.8 Å². The lowest BCUT2D eigenvalue weighted by atomic mass is 9.80. The van der Waals surface area contributed by atoms with Gasteiger partial charge in [-0.05, 0) is 23.8 Å². The Morgan fingerprint density at radius 1 is 0.898 bits per heavy atom. The van der Waals surface area contributed by atoms with Crippen LogP contribution in [-0.2, 0) is 38.0 Å². The van der Waals surface area contributed by atoms with Gasteiger partial charge < -0.3 is 79.1 Å². The molecule has 0 spiro atoms. The molecule has 5 rings (SSSR count). The fourth-order valence-electron chi connectivity index (χ4n) is 5.79. The van der Waals surface area contributed by atoms with E-state index in [-0.39, 0.29) is 17.7 Å². The Morgan fingerprint density at radius 3 is 2.14 bits per heavy atom. The molecule has 1 aromatic carbocycles. The lowest BCUT2D eigenvalue weighted by Gasteiger charge is -2.44. The number of rotatable bonds is 10. The lowest BCUT2D eigenvalue weighted by Crippen LogP contribution is -2.60. The third kappa shape index (κ3) is 7.74. The number of aliphatic hydroxyl groups is 8. The summed E-state index contributed by atoms with van der Waals surface area (Å²) in [7, 11) is 0. The number of fused-ring (bicyclic) bond motifs is 1. The van der Waals surface area contributed by atoms with Crippen LogP contribution in [0.5, 0.6) is 11.5 Å². The number of esters is 2. The Labute approximate surface area is 278 Å². The highest BCUT2D eigenvalue weighted by Gasteiger charge is 2.50. The van der Waals surface area contributed by atoms with E-state index in [9.17, 15) is 55.5 Å². The minimum absolute atomic E-state index is 0.0451. The molecule has 4 heterocycles. The second kappa shape index (κ2) is 15.5. The summed E-state index contributed by atoms with van der Waals surface area (Å²) in [6.45, 7) is 2.42. The van der Waals surface area contributed by atoms with E-state index in [1.165, 1.54) is 30.4 Å². The van der Waals surface area contributed by atoms with E-state index in [0.29, 0.717) is 5.56 Å². The maximum atomic E-state index is 12.8. The number of benzene rings is 1. The van der Waals surface area contributed by atoms with Crippen molar-refractivity contribution in [2.75, 3.05) is 13.2 Å². The van der Waals surface area contributed by atoms with Crippen LogP contribution in [0.2, 0.25) is 0 Å². The standard InChI is InChI=1S/C31H38O18/c1-2-13-14-8-21(48-28(42)15(14)11-43-29(13)49-31-27(41)25(39)23(37)19(10-33)46-31)47-20(35)6-4-12-3-5-17(16(34)7-12)44-30-26(40)24(38)22(36)18(9-32)45-30/h2-7,11,13-14,18-19,21-27,29-34,36-41H,1,8-10H2. The Morgan fingerprint density at radius 2 is 1.53 bits per heavy atom. The zero-order chi connectivity index (χ0) is 35.6. The molecule has 0 bridgehead atoms. The van der Waals surface area contributed by atoms with Crippen LogP contribution in [-0.4, -0.2) is 145 Å². The Bertz CT molecular complexity index is 1410. The first-order valence-electron chi connectivity index (χ1n) is 15.2. The molecule has 4 aliphatic rings. The molecule has 14 unspecified atom stereocenters. The monoisotopic (exact) mass is 698 g/mol. The molecule has 14 atom stereocenters. The van der Waals surface area contributed by atoms with Gasteiger partial charge in [0, 0.05) is 24.3 Å². The van der Waals surface area contributed by atoms with Crippen molar-refractivity contribution in [2.24, 2.45) is 11.8 Å². The smallest absolute Gasteiger partial charge is 0.340 e. The van der Waals surface area contributed by atoms with E-state index >= 15 is 0 Å². The highest BCUT2D eigenvalue weighted by atomic mass is 16.8. The molecule has 270 valence electrons. The molecule has 0 aromatic heterocycles. The molecule has 0 aliphatic carbocycles. The molecule has 0 amide bonds. The second-order valence-corrected chi connectivity index (χ2v) is 11.7. The van der Waals surface area contributed by atoms with Gasteiger partial charge in [0.1, 0.15) is 48.8 Å². The summed E-state index contributed by atoms with van der Waals surface area (Å²) in [6, 6.07) is 3.90. The van der Waals surface area contributed by atoms with Gasteiger partial charge in [-0.3, -0.25) is 0 Å². The number of carbonyl (C=O) groups excluding carboxylic acids is 2. The SMILES string of the molecule is C=CC1C(OC2OC(CO)C(O)C(O)C2O)OC=C2C(=O)OC(OC(=O)C=Cc3ccc(OC4OC(CO)C(O)C(O)C4O)c(O)c3)CC21. The Kier molecular flexibility index (Phi) is 11.6. The average Bonchev–Trinajstić information content (AvgIpc) is 3.08. The zero-order valence-electron chi connectivity index (χ0n) is 25.7. The number of carbonyl (C=O) groups is 2. The summed E-state index contributed by atoms with van der Waals surface area (Å²) in [5, 5.41) is 89.7. The molecule has 3 saturated heterocycles. The molecule has 18 nitrogen and oxygen atoms in total. The largest absolute Gasteiger partial charge is 0.504 e. The predicted molar refractivity (Wildman–Crippen MR) is 157 cm³/mol. The van der Waals surface area contributed by atoms with Crippen molar-refractivity contribution in [3.63, 3.8) is 0 Å². The van der Waals surface area contributed by atoms with Crippen molar-refractivity contribution in [3.8, 4) is 11.5 Å². The lowest BCUT2D eigenvalue weighted by molar-refractivity contribution is -0.340. The number of phenols is 1. The molecule has 49 heavy (non-hydrogen) atoms. The van der Waals surface area contributed by atoms with E-state index in [4.69, 9.17) is 33.2 Å². The molecule has 0 saturated carbocycles. The first-order valence-corrected chi connectivity index (χ1v) is 15.2. The summed E-state index contributed by atoms with van der Waals surface area (Å²) < 4.78 is 37.9. The van der Waals surface area contributed by atoms with Crippen molar-refractivity contribution in [2.45, 2.75) is 80.4 Å². The van der Waals surface area contributed by atoms with Crippen LogP contribution in [0.1, 0.15) is 12.0 Å². The van der Waals surface area contributed by atoms with Crippen LogP contribution in [0, 0.1) is 11.8 Å². The van der Waals surface area contributed by atoms with E-state index in [1.807, 2.05) is 0 Å². The number of aliphatic hydroxyl groups excluding tert-OH is 8. The maximum Gasteiger partial charge on any atom is 0.340 e. The highest BCUT2D eigenvalue weighted by Crippen LogP contribution is 2.41. The summed E-state index contributed by atoms with van der Waals surface area (Å²) in [5.41, 5.74) is 0.397.